The van der Waals surface area contributed by atoms with E-state index < -0.39 is 71.1 Å². The van der Waals surface area contributed by atoms with Gasteiger partial charge < -0.3 is 10.2 Å². The van der Waals surface area contributed by atoms with Crippen molar-refractivity contribution in [3.8, 4) is 0 Å². The molecule has 2 aromatic carbocycles. The van der Waals surface area contributed by atoms with Crippen LogP contribution in [0.15, 0.2) is 60.7 Å². The number of aromatic carboxylic acids is 2. The van der Waals surface area contributed by atoms with Crippen LogP contribution in [0.2, 0.25) is 0 Å². The molecule has 2 aliphatic heterocycles. The van der Waals surface area contributed by atoms with Crippen molar-refractivity contribution < 1.29 is 39.0 Å². The van der Waals surface area contributed by atoms with Crippen LogP contribution in [0, 0.1) is 35.5 Å². The van der Waals surface area contributed by atoms with Crippen molar-refractivity contribution in [2.45, 2.75) is 0 Å². The maximum atomic E-state index is 13.5. The lowest BCUT2D eigenvalue weighted by atomic mass is 9.54. The summed E-state index contributed by atoms with van der Waals surface area (Å²) in [6.45, 7) is 0. The highest BCUT2D eigenvalue weighted by molar-refractivity contribution is 6.26. The third-order valence-corrected chi connectivity index (χ3v) is 7.71. The van der Waals surface area contributed by atoms with Crippen molar-refractivity contribution in [1.29, 1.82) is 0 Å². The van der Waals surface area contributed by atoms with Gasteiger partial charge in [-0.3, -0.25) is 19.2 Å². The molecule has 10 heteroatoms. The van der Waals surface area contributed by atoms with E-state index in [9.17, 15) is 39.0 Å². The number of benzene rings is 2. The lowest BCUT2D eigenvalue weighted by Crippen LogP contribution is -2.50. The van der Waals surface area contributed by atoms with Crippen LogP contribution in [0.4, 0.5) is 11.4 Å². The van der Waals surface area contributed by atoms with Crippen molar-refractivity contribution in [1.82, 2.24) is 0 Å². The molecule has 3 aliphatic carbocycles. The maximum Gasteiger partial charge on any atom is 0.335 e. The van der Waals surface area contributed by atoms with Crippen LogP contribution >= 0.6 is 0 Å². The van der Waals surface area contributed by atoms with Gasteiger partial charge in [0.15, 0.2) is 0 Å². The van der Waals surface area contributed by atoms with Gasteiger partial charge in [0, 0.05) is 11.8 Å². The predicted molar refractivity (Wildman–Crippen MR) is 122 cm³/mol. The third-order valence-electron chi connectivity index (χ3n) is 7.71. The zero-order valence-electron chi connectivity index (χ0n) is 18.5. The maximum absolute atomic E-state index is 13.5. The van der Waals surface area contributed by atoms with Crippen molar-refractivity contribution in [2.24, 2.45) is 35.5 Å². The molecule has 180 valence electrons. The van der Waals surface area contributed by atoms with Gasteiger partial charge in [-0.25, -0.2) is 19.4 Å². The minimum atomic E-state index is -1.20. The molecule has 2 saturated heterocycles. The summed E-state index contributed by atoms with van der Waals surface area (Å²) in [5.41, 5.74) is 0.110. The van der Waals surface area contributed by atoms with Crippen LogP contribution < -0.4 is 9.80 Å². The number of imide groups is 2. The van der Waals surface area contributed by atoms with Crippen molar-refractivity contribution in [3.63, 3.8) is 0 Å². The minimum absolute atomic E-state index is 0.0782. The Labute approximate surface area is 203 Å². The molecular formula is C26H18N2O8. The number of hydrogen-bond donors (Lipinski definition) is 2. The fraction of sp³-hybridized carbons (Fsp3) is 0.231. The van der Waals surface area contributed by atoms with E-state index in [-0.39, 0.29) is 22.5 Å². The molecule has 0 aromatic heterocycles. The second-order valence-electron chi connectivity index (χ2n) is 9.38. The monoisotopic (exact) mass is 486 g/mol. The Bertz CT molecular complexity index is 1290. The smallest absolute Gasteiger partial charge is 0.335 e. The Balaban J connectivity index is 1.38. The van der Waals surface area contributed by atoms with Crippen LogP contribution in [0.1, 0.15) is 20.7 Å². The third kappa shape index (κ3) is 2.78. The van der Waals surface area contributed by atoms with E-state index in [2.05, 4.69) is 0 Å². The standard InChI is InChI=1S/C26H18N2O8/c29-21-17-15-7-8-16(18(17)22(30)27(21)13-5-1-3-11(9-13)25(33)34)20-19(15)23(31)28(24(20)32)14-6-2-4-12(10-14)26(35)36/h1-10,15-20H,(H,33,34)(H,35,36)/t15?,16?,17-,18-,19+,20+. The normalized spacial score (nSPS) is 30.1. The van der Waals surface area contributed by atoms with Crippen LogP contribution in [0.3, 0.4) is 0 Å². The highest BCUT2D eigenvalue weighted by Crippen LogP contribution is 2.58. The number of amides is 4. The summed E-state index contributed by atoms with van der Waals surface area (Å²) >= 11 is 0. The molecule has 0 spiro atoms. The molecule has 0 radical (unpaired) electrons. The number of carboxylic acids is 2. The summed E-state index contributed by atoms with van der Waals surface area (Å²) in [4.78, 5) is 78.8. The topological polar surface area (TPSA) is 149 Å². The van der Waals surface area contributed by atoms with Crippen LogP contribution in [0.25, 0.3) is 0 Å². The van der Waals surface area contributed by atoms with E-state index in [4.69, 9.17) is 0 Å². The summed E-state index contributed by atoms with van der Waals surface area (Å²) in [5, 5.41) is 18.6. The molecule has 2 unspecified atom stereocenters. The van der Waals surface area contributed by atoms with Crippen molar-refractivity contribution >= 4 is 46.9 Å². The number of carboxylic acid groups (broad SMARTS) is 2. The summed E-state index contributed by atoms with van der Waals surface area (Å²) in [6, 6.07) is 11.0. The average Bonchev–Trinajstić information content (AvgIpc) is 3.31. The van der Waals surface area contributed by atoms with E-state index in [1.165, 1.54) is 48.5 Å². The first kappa shape index (κ1) is 21.9. The molecule has 1 saturated carbocycles. The van der Waals surface area contributed by atoms with Gasteiger partial charge in [0.1, 0.15) is 0 Å². The lowest BCUT2D eigenvalue weighted by molar-refractivity contribution is -0.137. The molecule has 2 N–H and O–H groups in total. The van der Waals surface area contributed by atoms with Gasteiger partial charge in [0.25, 0.3) is 0 Å². The quantitative estimate of drug-likeness (QED) is 0.491. The van der Waals surface area contributed by atoms with Gasteiger partial charge >= 0.3 is 11.9 Å². The molecule has 2 bridgehead atoms. The Hall–Kier alpha value is -4.60. The van der Waals surface area contributed by atoms with Gasteiger partial charge in [-0.2, -0.15) is 0 Å². The highest BCUT2D eigenvalue weighted by atomic mass is 16.4. The van der Waals surface area contributed by atoms with E-state index in [1.54, 1.807) is 12.2 Å². The van der Waals surface area contributed by atoms with Crippen LogP contribution in [-0.2, 0) is 19.2 Å². The van der Waals surface area contributed by atoms with Gasteiger partial charge in [-0.05, 0) is 36.4 Å². The molecule has 3 fully saturated rings. The Kier molecular flexibility index (Phi) is 4.53. The van der Waals surface area contributed by atoms with Gasteiger partial charge in [-0.15, -0.1) is 0 Å². The van der Waals surface area contributed by atoms with Gasteiger partial charge in [0.2, 0.25) is 23.6 Å². The second-order valence-corrected chi connectivity index (χ2v) is 9.38. The molecule has 4 amide bonds. The Morgan fingerprint density at radius 1 is 0.583 bits per heavy atom. The fourth-order valence-electron chi connectivity index (χ4n) is 6.29. The minimum Gasteiger partial charge on any atom is -0.478 e. The molecule has 10 nitrogen and oxygen atoms in total. The highest BCUT2D eigenvalue weighted by Gasteiger charge is 2.68. The second kappa shape index (κ2) is 7.45. The summed E-state index contributed by atoms with van der Waals surface area (Å²) in [6.07, 6.45) is 3.44. The summed E-state index contributed by atoms with van der Waals surface area (Å²) in [5.74, 6) is -9.35. The van der Waals surface area contributed by atoms with E-state index in [0.29, 0.717) is 0 Å². The summed E-state index contributed by atoms with van der Waals surface area (Å²) in [7, 11) is 0. The largest absolute Gasteiger partial charge is 0.478 e. The van der Waals surface area contributed by atoms with Crippen molar-refractivity contribution in [3.05, 3.63) is 71.8 Å². The molecule has 6 atom stereocenters. The molecule has 2 heterocycles. The number of carbonyl (C=O) groups is 6. The van der Waals surface area contributed by atoms with Crippen molar-refractivity contribution in [2.75, 3.05) is 9.80 Å². The number of allylic oxidation sites excluding steroid dienone is 2. The molecular weight excluding hydrogens is 468 g/mol. The molecule has 7 rings (SSSR count). The predicted octanol–water partition coefficient (Wildman–Crippen LogP) is 1.81. The van der Waals surface area contributed by atoms with E-state index in [1.807, 2.05) is 0 Å². The first-order chi connectivity index (χ1) is 17.2. The average molecular weight is 486 g/mol. The number of rotatable bonds is 4. The van der Waals surface area contributed by atoms with E-state index >= 15 is 0 Å². The molecule has 2 aromatic rings. The van der Waals surface area contributed by atoms with Crippen LogP contribution in [-0.4, -0.2) is 45.8 Å². The lowest BCUT2D eigenvalue weighted by Gasteiger charge is -2.44. The SMILES string of the molecule is O=C(O)c1cccc(N2C(=O)[C@@H]3C4C=CC([C@H]3C2=O)[C@@H]2C(=O)N(c3cccc(C(=O)O)c3)C(=O)[C@@H]42)c1. The zero-order chi connectivity index (χ0) is 25.5. The first-order valence-corrected chi connectivity index (χ1v) is 11.3. The number of hydrogen-bond acceptors (Lipinski definition) is 6. The number of anilines is 2. The Morgan fingerprint density at radius 2 is 0.917 bits per heavy atom. The molecule has 36 heavy (non-hydrogen) atoms. The Morgan fingerprint density at radius 3 is 1.22 bits per heavy atom. The molecule has 5 aliphatic rings. The summed E-state index contributed by atoms with van der Waals surface area (Å²) < 4.78 is 0. The van der Waals surface area contributed by atoms with Crippen LogP contribution in [0.5, 0.6) is 0 Å². The first-order valence-electron chi connectivity index (χ1n) is 11.3. The fourth-order valence-corrected chi connectivity index (χ4v) is 6.29. The van der Waals surface area contributed by atoms with Gasteiger partial charge in [-0.1, -0.05) is 24.3 Å². The zero-order valence-corrected chi connectivity index (χ0v) is 18.5. The number of nitrogens with zero attached hydrogens (tertiary/aromatic N) is 2. The number of carbonyl (C=O) groups excluding carboxylic acids is 4. The van der Waals surface area contributed by atoms with Gasteiger partial charge in [0.05, 0.1) is 46.2 Å². The van der Waals surface area contributed by atoms with E-state index in [0.717, 1.165) is 9.80 Å².